The number of nitrogens with zero attached hydrogens (tertiary/aromatic N) is 1. The molecule has 2 rings (SSSR count). The van der Waals surface area contributed by atoms with E-state index in [1.165, 1.54) is 19.3 Å². The molecule has 2 atom stereocenters. The third-order valence-electron chi connectivity index (χ3n) is 5.77. The van der Waals surface area contributed by atoms with E-state index in [2.05, 4.69) is 13.8 Å². The highest BCUT2D eigenvalue weighted by atomic mass is 16.4. The van der Waals surface area contributed by atoms with E-state index in [1.54, 1.807) is 0 Å². The minimum absolute atomic E-state index is 0.0895. The van der Waals surface area contributed by atoms with Crippen LogP contribution in [-0.2, 0) is 9.59 Å². The molecule has 20 heavy (non-hydrogen) atoms. The van der Waals surface area contributed by atoms with Gasteiger partial charge in [-0.25, -0.2) is 0 Å². The molecule has 0 aromatic carbocycles. The molecule has 1 aliphatic heterocycles. The van der Waals surface area contributed by atoms with Crippen LogP contribution in [-0.4, -0.2) is 35.0 Å². The van der Waals surface area contributed by atoms with Crippen LogP contribution in [0.15, 0.2) is 0 Å². The SMILES string of the molecule is CCC1(CC)CCCN(C(=O)C2CCC2C(=O)O)CC1. The molecule has 0 aromatic heterocycles. The fourth-order valence-electron chi connectivity index (χ4n) is 3.76. The van der Waals surface area contributed by atoms with Gasteiger partial charge in [0.1, 0.15) is 0 Å². The van der Waals surface area contributed by atoms with Gasteiger partial charge in [0.2, 0.25) is 5.91 Å². The van der Waals surface area contributed by atoms with Crippen molar-refractivity contribution in [3.63, 3.8) is 0 Å². The Morgan fingerprint density at radius 2 is 1.75 bits per heavy atom. The van der Waals surface area contributed by atoms with Crippen LogP contribution in [0.2, 0.25) is 0 Å². The van der Waals surface area contributed by atoms with Gasteiger partial charge in [0.25, 0.3) is 0 Å². The minimum Gasteiger partial charge on any atom is -0.481 e. The van der Waals surface area contributed by atoms with Crippen LogP contribution in [0.25, 0.3) is 0 Å². The first kappa shape index (κ1) is 15.3. The highest BCUT2D eigenvalue weighted by molar-refractivity contribution is 5.86. The second-order valence-electron chi connectivity index (χ2n) is 6.51. The maximum Gasteiger partial charge on any atom is 0.307 e. The molecule has 2 fully saturated rings. The van der Waals surface area contributed by atoms with Crippen LogP contribution in [0, 0.1) is 17.3 Å². The zero-order chi connectivity index (χ0) is 14.8. The molecule has 0 spiro atoms. The zero-order valence-electron chi connectivity index (χ0n) is 12.7. The lowest BCUT2D eigenvalue weighted by Crippen LogP contribution is -2.46. The number of carboxylic acids is 1. The molecule has 0 radical (unpaired) electrons. The molecule has 114 valence electrons. The first-order chi connectivity index (χ1) is 9.53. The lowest BCUT2D eigenvalue weighted by Gasteiger charge is -2.36. The van der Waals surface area contributed by atoms with E-state index in [0.29, 0.717) is 11.8 Å². The summed E-state index contributed by atoms with van der Waals surface area (Å²) in [6, 6.07) is 0. The lowest BCUT2D eigenvalue weighted by atomic mass is 9.73. The highest BCUT2D eigenvalue weighted by Gasteiger charge is 2.43. The van der Waals surface area contributed by atoms with Crippen LogP contribution in [0.3, 0.4) is 0 Å². The largest absolute Gasteiger partial charge is 0.481 e. The number of hydrogen-bond acceptors (Lipinski definition) is 2. The summed E-state index contributed by atoms with van der Waals surface area (Å²) >= 11 is 0. The van der Waals surface area contributed by atoms with Gasteiger partial charge < -0.3 is 10.0 Å². The molecule has 1 aliphatic carbocycles. The Hall–Kier alpha value is -1.06. The number of carboxylic acid groups (broad SMARTS) is 1. The van der Waals surface area contributed by atoms with Gasteiger partial charge in [0, 0.05) is 13.1 Å². The van der Waals surface area contributed by atoms with Crippen molar-refractivity contribution in [3.8, 4) is 0 Å². The fourth-order valence-corrected chi connectivity index (χ4v) is 3.76. The van der Waals surface area contributed by atoms with E-state index < -0.39 is 11.9 Å². The predicted molar refractivity (Wildman–Crippen MR) is 77.3 cm³/mol. The second kappa shape index (κ2) is 6.15. The van der Waals surface area contributed by atoms with E-state index in [0.717, 1.165) is 32.4 Å². The number of rotatable bonds is 4. The van der Waals surface area contributed by atoms with Crippen molar-refractivity contribution in [2.24, 2.45) is 17.3 Å². The summed E-state index contributed by atoms with van der Waals surface area (Å²) < 4.78 is 0. The Labute approximate surface area is 121 Å². The van der Waals surface area contributed by atoms with E-state index in [1.807, 2.05) is 4.90 Å². The topological polar surface area (TPSA) is 57.6 Å². The van der Waals surface area contributed by atoms with E-state index in [-0.39, 0.29) is 11.8 Å². The van der Waals surface area contributed by atoms with E-state index >= 15 is 0 Å². The van der Waals surface area contributed by atoms with Crippen molar-refractivity contribution in [1.82, 2.24) is 4.90 Å². The molecule has 4 nitrogen and oxygen atoms in total. The van der Waals surface area contributed by atoms with Crippen LogP contribution < -0.4 is 0 Å². The Bertz CT molecular complexity index is 376. The molecule has 1 heterocycles. The predicted octanol–water partition coefficient (Wildman–Crippen LogP) is 2.92. The summed E-state index contributed by atoms with van der Waals surface area (Å²) in [5, 5.41) is 9.09. The Kier molecular flexibility index (Phi) is 4.71. The summed E-state index contributed by atoms with van der Waals surface area (Å²) in [5.74, 6) is -1.41. The molecule has 0 aromatic rings. The number of carbonyl (C=O) groups is 2. The summed E-state index contributed by atoms with van der Waals surface area (Å²) in [6.45, 7) is 6.10. The standard InChI is InChI=1S/C16H27NO3/c1-3-16(4-2)8-5-10-17(11-9-16)14(18)12-6-7-13(12)15(19)20/h12-13H,3-11H2,1-2H3,(H,19,20). The maximum atomic E-state index is 12.5. The smallest absolute Gasteiger partial charge is 0.307 e. The van der Waals surface area contributed by atoms with Crippen LogP contribution in [0.5, 0.6) is 0 Å². The molecule has 2 unspecified atom stereocenters. The highest BCUT2D eigenvalue weighted by Crippen LogP contribution is 2.40. The number of aliphatic carboxylic acids is 1. The van der Waals surface area contributed by atoms with Gasteiger partial charge in [-0.2, -0.15) is 0 Å². The summed E-state index contributed by atoms with van der Waals surface area (Å²) in [5.41, 5.74) is 0.390. The van der Waals surface area contributed by atoms with E-state index in [9.17, 15) is 9.59 Å². The fraction of sp³-hybridized carbons (Fsp3) is 0.875. The van der Waals surface area contributed by atoms with Crippen LogP contribution in [0.1, 0.15) is 58.8 Å². The van der Waals surface area contributed by atoms with Crippen molar-refractivity contribution in [1.29, 1.82) is 0 Å². The quantitative estimate of drug-likeness (QED) is 0.862. The van der Waals surface area contributed by atoms with Crippen molar-refractivity contribution >= 4 is 11.9 Å². The van der Waals surface area contributed by atoms with Gasteiger partial charge in [-0.3, -0.25) is 9.59 Å². The summed E-state index contributed by atoms with van der Waals surface area (Å²) in [4.78, 5) is 25.5. The Morgan fingerprint density at radius 3 is 2.25 bits per heavy atom. The number of amides is 1. The Balaban J connectivity index is 1.97. The molecule has 4 heteroatoms. The van der Waals surface area contributed by atoms with Gasteiger partial charge in [-0.1, -0.05) is 26.7 Å². The summed E-state index contributed by atoms with van der Waals surface area (Å²) in [7, 11) is 0. The molecular formula is C16H27NO3. The van der Waals surface area contributed by atoms with Gasteiger partial charge in [-0.05, 0) is 37.5 Å². The van der Waals surface area contributed by atoms with Crippen molar-refractivity contribution in [3.05, 3.63) is 0 Å². The van der Waals surface area contributed by atoms with Crippen LogP contribution >= 0.6 is 0 Å². The van der Waals surface area contributed by atoms with Gasteiger partial charge in [-0.15, -0.1) is 0 Å². The second-order valence-corrected chi connectivity index (χ2v) is 6.51. The number of carbonyl (C=O) groups excluding carboxylic acids is 1. The van der Waals surface area contributed by atoms with Gasteiger partial charge >= 0.3 is 5.97 Å². The van der Waals surface area contributed by atoms with Crippen molar-refractivity contribution < 1.29 is 14.7 Å². The average molecular weight is 281 g/mol. The molecule has 1 saturated heterocycles. The molecule has 2 aliphatic rings. The lowest BCUT2D eigenvalue weighted by molar-refractivity contribution is -0.156. The van der Waals surface area contributed by atoms with Gasteiger partial charge in [0.05, 0.1) is 11.8 Å². The van der Waals surface area contributed by atoms with Crippen LogP contribution in [0.4, 0.5) is 0 Å². The van der Waals surface area contributed by atoms with E-state index in [4.69, 9.17) is 5.11 Å². The average Bonchev–Trinajstić information content (AvgIpc) is 2.59. The Morgan fingerprint density at radius 1 is 1.10 bits per heavy atom. The summed E-state index contributed by atoms with van der Waals surface area (Å²) in [6.07, 6.45) is 7.07. The number of likely N-dealkylation sites (tertiary alicyclic amines) is 1. The third-order valence-corrected chi connectivity index (χ3v) is 5.77. The normalized spacial score (nSPS) is 29.4. The third kappa shape index (κ3) is 2.84. The molecule has 1 amide bonds. The molecule has 1 saturated carbocycles. The zero-order valence-corrected chi connectivity index (χ0v) is 12.7. The molecular weight excluding hydrogens is 254 g/mol. The van der Waals surface area contributed by atoms with Crippen molar-refractivity contribution in [2.75, 3.05) is 13.1 Å². The monoisotopic (exact) mass is 281 g/mol. The van der Waals surface area contributed by atoms with Crippen molar-refractivity contribution in [2.45, 2.75) is 58.8 Å². The first-order valence-corrected chi connectivity index (χ1v) is 8.04. The molecule has 1 N–H and O–H groups in total. The first-order valence-electron chi connectivity index (χ1n) is 8.04. The number of hydrogen-bond donors (Lipinski definition) is 1. The molecule has 0 bridgehead atoms. The van der Waals surface area contributed by atoms with Gasteiger partial charge in [0.15, 0.2) is 0 Å². The maximum absolute atomic E-state index is 12.5. The minimum atomic E-state index is -0.805.